The molecule has 1 heterocycles. The normalized spacial score (nSPS) is 11.5. The van der Waals surface area contributed by atoms with Gasteiger partial charge in [-0.05, 0) is 37.3 Å². The molecule has 0 atom stereocenters. The molecule has 0 saturated heterocycles. The molecule has 0 aliphatic heterocycles. The summed E-state index contributed by atoms with van der Waals surface area (Å²) in [4.78, 5) is 16.8. The van der Waals surface area contributed by atoms with Gasteiger partial charge < -0.3 is 0 Å². The number of thiazole rings is 1. The minimum Gasteiger partial charge on any atom is -0.298 e. The minimum atomic E-state index is -3.92. The van der Waals surface area contributed by atoms with Gasteiger partial charge in [0.2, 0.25) is 0 Å². The van der Waals surface area contributed by atoms with E-state index in [4.69, 9.17) is 0 Å². The quantitative estimate of drug-likeness (QED) is 0.443. The van der Waals surface area contributed by atoms with Crippen LogP contribution in [0.25, 0.3) is 10.2 Å². The van der Waals surface area contributed by atoms with Crippen LogP contribution in [0, 0.1) is 18.6 Å². The number of fused-ring (bicyclic) bond motifs is 1. The van der Waals surface area contributed by atoms with E-state index < -0.39 is 27.6 Å². The van der Waals surface area contributed by atoms with Gasteiger partial charge in [0.05, 0.1) is 20.8 Å². The van der Waals surface area contributed by atoms with Crippen LogP contribution in [0.3, 0.4) is 0 Å². The first-order chi connectivity index (χ1) is 14.7. The van der Waals surface area contributed by atoms with Gasteiger partial charge >= 0.3 is 0 Å². The molecule has 0 spiro atoms. The van der Waals surface area contributed by atoms with E-state index >= 15 is 0 Å². The van der Waals surface area contributed by atoms with Crippen LogP contribution in [0.5, 0.6) is 0 Å². The fourth-order valence-electron chi connectivity index (χ4n) is 2.87. The van der Waals surface area contributed by atoms with Gasteiger partial charge in [-0.2, -0.15) is 0 Å². The van der Waals surface area contributed by atoms with E-state index in [0.29, 0.717) is 6.07 Å². The lowest BCUT2D eigenvalue weighted by atomic mass is 10.2. The molecule has 4 aromatic rings. The van der Waals surface area contributed by atoms with E-state index in [2.05, 4.69) is 15.0 Å². The number of anilines is 2. The number of amides is 1. The highest BCUT2D eigenvalue weighted by Crippen LogP contribution is 2.29. The van der Waals surface area contributed by atoms with Crippen LogP contribution in [0.2, 0.25) is 0 Å². The number of benzene rings is 3. The molecule has 3 aromatic carbocycles. The highest BCUT2D eigenvalue weighted by molar-refractivity contribution is 7.92. The Morgan fingerprint density at radius 3 is 2.48 bits per heavy atom. The Morgan fingerprint density at radius 2 is 1.74 bits per heavy atom. The lowest BCUT2D eigenvalue weighted by Gasteiger charge is -2.12. The maximum atomic E-state index is 13.9. The van der Waals surface area contributed by atoms with Crippen molar-refractivity contribution in [3.8, 4) is 0 Å². The molecular formula is C21H15F2N3O3S2. The summed E-state index contributed by atoms with van der Waals surface area (Å²) in [6.45, 7) is 1.84. The zero-order valence-corrected chi connectivity index (χ0v) is 17.7. The first-order valence-corrected chi connectivity index (χ1v) is 11.3. The Bertz CT molecular complexity index is 1400. The van der Waals surface area contributed by atoms with Crippen molar-refractivity contribution in [2.24, 2.45) is 0 Å². The van der Waals surface area contributed by atoms with Crippen LogP contribution in [0.15, 0.2) is 65.6 Å². The molecule has 0 aliphatic carbocycles. The standard InChI is InChI=1S/C21H15F2N3O3S2/c1-12-6-8-14(9-7-12)31(28,29)26-17-5-3-2-4-15(17)20(27)25-21-24-19-16(23)10-13(22)11-18(19)30-21/h2-11,26H,1H3,(H,24,25,27). The average molecular weight is 459 g/mol. The molecule has 0 aliphatic rings. The smallest absolute Gasteiger partial charge is 0.261 e. The molecule has 0 saturated carbocycles. The number of para-hydroxylation sites is 1. The van der Waals surface area contributed by atoms with Gasteiger partial charge in [0.15, 0.2) is 10.9 Å². The van der Waals surface area contributed by atoms with Crippen LogP contribution in [0.4, 0.5) is 19.6 Å². The van der Waals surface area contributed by atoms with Crippen LogP contribution >= 0.6 is 11.3 Å². The highest BCUT2D eigenvalue weighted by atomic mass is 32.2. The molecule has 0 radical (unpaired) electrons. The van der Waals surface area contributed by atoms with Crippen molar-refractivity contribution in [2.45, 2.75) is 11.8 Å². The molecule has 10 heteroatoms. The third kappa shape index (κ3) is 4.39. The Balaban J connectivity index is 1.61. The van der Waals surface area contributed by atoms with Gasteiger partial charge in [-0.15, -0.1) is 0 Å². The number of sulfonamides is 1. The third-order valence-electron chi connectivity index (χ3n) is 4.38. The molecule has 158 valence electrons. The van der Waals surface area contributed by atoms with Crippen LogP contribution in [-0.2, 0) is 10.0 Å². The molecule has 0 fully saturated rings. The number of hydrogen-bond donors (Lipinski definition) is 2. The summed E-state index contributed by atoms with van der Waals surface area (Å²) in [5.41, 5.74) is 0.962. The van der Waals surface area contributed by atoms with Gasteiger partial charge in [-0.3, -0.25) is 14.8 Å². The monoisotopic (exact) mass is 459 g/mol. The summed E-state index contributed by atoms with van der Waals surface area (Å²) in [6, 6.07) is 14.2. The van der Waals surface area contributed by atoms with E-state index in [-0.39, 0.29) is 31.5 Å². The number of halogens is 2. The van der Waals surface area contributed by atoms with Crippen molar-refractivity contribution < 1.29 is 22.0 Å². The van der Waals surface area contributed by atoms with E-state index in [9.17, 15) is 22.0 Å². The van der Waals surface area contributed by atoms with Crippen molar-refractivity contribution in [3.63, 3.8) is 0 Å². The number of aryl methyl sites for hydroxylation is 1. The number of hydrogen-bond acceptors (Lipinski definition) is 5. The highest BCUT2D eigenvalue weighted by Gasteiger charge is 2.20. The lowest BCUT2D eigenvalue weighted by molar-refractivity contribution is 0.102. The van der Waals surface area contributed by atoms with E-state index in [0.717, 1.165) is 23.0 Å². The first-order valence-electron chi connectivity index (χ1n) is 8.98. The molecular weight excluding hydrogens is 444 g/mol. The Labute approximate surface area is 180 Å². The van der Waals surface area contributed by atoms with Crippen molar-refractivity contribution in [2.75, 3.05) is 10.0 Å². The molecule has 2 N–H and O–H groups in total. The van der Waals surface area contributed by atoms with Crippen molar-refractivity contribution in [1.29, 1.82) is 0 Å². The van der Waals surface area contributed by atoms with E-state index in [1.54, 1.807) is 24.3 Å². The van der Waals surface area contributed by atoms with Gasteiger partial charge in [-0.25, -0.2) is 22.2 Å². The molecule has 4 rings (SSSR count). The van der Waals surface area contributed by atoms with Gasteiger partial charge in [0, 0.05) is 6.07 Å². The average Bonchev–Trinajstić information content (AvgIpc) is 3.11. The number of carbonyl (C=O) groups is 1. The topological polar surface area (TPSA) is 88.2 Å². The largest absolute Gasteiger partial charge is 0.298 e. The summed E-state index contributed by atoms with van der Waals surface area (Å²) in [7, 11) is -3.92. The molecule has 0 unspecified atom stereocenters. The van der Waals surface area contributed by atoms with Crippen molar-refractivity contribution in [1.82, 2.24) is 4.98 Å². The second-order valence-electron chi connectivity index (χ2n) is 6.67. The number of nitrogens with one attached hydrogen (secondary N) is 2. The predicted octanol–water partition coefficient (Wildman–Crippen LogP) is 4.94. The third-order valence-corrected chi connectivity index (χ3v) is 6.68. The van der Waals surface area contributed by atoms with Crippen LogP contribution in [-0.4, -0.2) is 19.3 Å². The van der Waals surface area contributed by atoms with Crippen LogP contribution < -0.4 is 10.0 Å². The second-order valence-corrected chi connectivity index (χ2v) is 9.38. The van der Waals surface area contributed by atoms with E-state index in [1.165, 1.54) is 24.3 Å². The number of nitrogens with zero attached hydrogens (tertiary/aromatic N) is 1. The molecule has 1 amide bonds. The molecule has 1 aromatic heterocycles. The number of rotatable bonds is 5. The summed E-state index contributed by atoms with van der Waals surface area (Å²) in [5, 5.41) is 2.57. The summed E-state index contributed by atoms with van der Waals surface area (Å²) in [6.07, 6.45) is 0. The second kappa shape index (κ2) is 8.05. The Kier molecular flexibility index (Phi) is 5.42. The minimum absolute atomic E-state index is 0.0455. The predicted molar refractivity (Wildman–Crippen MR) is 116 cm³/mol. The van der Waals surface area contributed by atoms with Crippen LogP contribution in [0.1, 0.15) is 15.9 Å². The van der Waals surface area contributed by atoms with E-state index in [1.807, 2.05) is 6.92 Å². The zero-order valence-electron chi connectivity index (χ0n) is 16.0. The van der Waals surface area contributed by atoms with Gasteiger partial charge in [0.25, 0.3) is 15.9 Å². The summed E-state index contributed by atoms with van der Waals surface area (Å²) < 4.78 is 55.3. The number of aromatic nitrogens is 1. The Hall–Kier alpha value is -3.37. The van der Waals surface area contributed by atoms with Crippen molar-refractivity contribution in [3.05, 3.63) is 83.4 Å². The lowest BCUT2D eigenvalue weighted by Crippen LogP contribution is -2.18. The maximum absolute atomic E-state index is 13.9. The zero-order chi connectivity index (χ0) is 22.2. The molecule has 0 bridgehead atoms. The van der Waals surface area contributed by atoms with Gasteiger partial charge in [0.1, 0.15) is 11.3 Å². The first kappa shape index (κ1) is 20.9. The fourth-order valence-corrected chi connectivity index (χ4v) is 4.85. The molecule has 6 nitrogen and oxygen atoms in total. The maximum Gasteiger partial charge on any atom is 0.261 e. The van der Waals surface area contributed by atoms with Crippen molar-refractivity contribution >= 4 is 48.3 Å². The Morgan fingerprint density at radius 1 is 1.03 bits per heavy atom. The summed E-state index contributed by atoms with van der Waals surface area (Å²) in [5.74, 6) is -2.23. The van der Waals surface area contributed by atoms with Gasteiger partial charge in [-0.1, -0.05) is 41.2 Å². The summed E-state index contributed by atoms with van der Waals surface area (Å²) >= 11 is 0.904. The number of carbonyl (C=O) groups excluding carboxylic acids is 1. The SMILES string of the molecule is Cc1ccc(S(=O)(=O)Nc2ccccc2C(=O)Nc2nc3c(F)cc(F)cc3s2)cc1. The molecule has 31 heavy (non-hydrogen) atoms. The fraction of sp³-hybridized carbons (Fsp3) is 0.0476.